The van der Waals surface area contributed by atoms with E-state index in [1.807, 2.05) is 13.8 Å². The summed E-state index contributed by atoms with van der Waals surface area (Å²) >= 11 is 8.05. The molecule has 0 unspecified atom stereocenters. The van der Waals surface area contributed by atoms with Crippen molar-refractivity contribution < 1.29 is 4.79 Å². The molecule has 1 amide bonds. The highest BCUT2D eigenvalue weighted by Gasteiger charge is 2.11. The zero-order valence-electron chi connectivity index (χ0n) is 11.7. The molecule has 4 nitrogen and oxygen atoms in total. The lowest BCUT2D eigenvalue weighted by atomic mass is 10.2. The van der Waals surface area contributed by atoms with Gasteiger partial charge in [0, 0.05) is 26.4 Å². The number of nitrogens with zero attached hydrogens (tertiary/aromatic N) is 1. The first-order valence-corrected chi connectivity index (χ1v) is 7.94. The van der Waals surface area contributed by atoms with Crippen LogP contribution < -0.4 is 10.6 Å². The maximum atomic E-state index is 12.4. The number of aryl methyl sites for hydroxylation is 1. The third kappa shape index (κ3) is 4.31. The Morgan fingerprint density at radius 2 is 2.10 bits per heavy atom. The fourth-order valence-corrected chi connectivity index (χ4v) is 2.86. The molecule has 0 aliphatic rings. The maximum absolute atomic E-state index is 12.4. The van der Waals surface area contributed by atoms with Gasteiger partial charge in [-0.1, -0.05) is 11.6 Å². The highest BCUT2D eigenvalue weighted by atomic mass is 127. The summed E-state index contributed by atoms with van der Waals surface area (Å²) in [6.45, 7) is 4.61. The predicted molar refractivity (Wildman–Crippen MR) is 95.3 cm³/mol. The first kappa shape index (κ1) is 16.0. The molecule has 1 aromatic carbocycles. The molecule has 0 aliphatic heterocycles. The van der Waals surface area contributed by atoms with Gasteiger partial charge in [0.25, 0.3) is 5.91 Å². The van der Waals surface area contributed by atoms with Crippen LogP contribution in [0.2, 0.25) is 5.02 Å². The van der Waals surface area contributed by atoms with Crippen molar-refractivity contribution in [2.45, 2.75) is 13.8 Å². The number of hydrogen-bond acceptors (Lipinski definition) is 3. The van der Waals surface area contributed by atoms with Crippen LogP contribution in [0, 0.1) is 10.5 Å². The Balaban J connectivity index is 2.23. The third-order valence-electron chi connectivity index (χ3n) is 2.75. The van der Waals surface area contributed by atoms with Crippen molar-refractivity contribution in [3.05, 3.63) is 50.2 Å². The number of hydrogen-bond donors (Lipinski definition) is 2. The Kier molecular flexibility index (Phi) is 5.41. The van der Waals surface area contributed by atoms with Gasteiger partial charge in [0.15, 0.2) is 0 Å². The molecule has 2 N–H and O–H groups in total. The van der Waals surface area contributed by atoms with E-state index in [-0.39, 0.29) is 5.91 Å². The molecule has 6 heteroatoms. The molecule has 0 saturated carbocycles. The lowest BCUT2D eigenvalue weighted by molar-refractivity contribution is 0.102. The van der Waals surface area contributed by atoms with E-state index in [0.717, 1.165) is 21.5 Å². The fraction of sp³-hybridized carbons (Fsp3) is 0.200. The van der Waals surface area contributed by atoms with E-state index in [1.165, 1.54) is 0 Å². The van der Waals surface area contributed by atoms with E-state index in [9.17, 15) is 4.79 Å². The number of pyridine rings is 1. The standard InChI is InChI=1S/C15H15ClIN3O/c1-3-18-14-7-10(6-9(2)19-14)15(21)20-13-5-4-11(16)8-12(13)17/h4-8H,3H2,1-2H3,(H,18,19)(H,20,21). The van der Waals surface area contributed by atoms with Gasteiger partial charge in [-0.2, -0.15) is 0 Å². The molecule has 2 aromatic rings. The van der Waals surface area contributed by atoms with Gasteiger partial charge in [-0.15, -0.1) is 0 Å². The molecule has 21 heavy (non-hydrogen) atoms. The molecule has 1 heterocycles. The molecule has 0 spiro atoms. The van der Waals surface area contributed by atoms with Crippen molar-refractivity contribution in [2.75, 3.05) is 17.2 Å². The largest absolute Gasteiger partial charge is 0.370 e. The lowest BCUT2D eigenvalue weighted by Crippen LogP contribution is -2.14. The first-order chi connectivity index (χ1) is 9.99. The first-order valence-electron chi connectivity index (χ1n) is 6.48. The number of rotatable bonds is 4. The average molecular weight is 416 g/mol. The molecule has 0 saturated heterocycles. The summed E-state index contributed by atoms with van der Waals surface area (Å²) in [5.41, 5.74) is 2.11. The Morgan fingerprint density at radius 1 is 1.33 bits per heavy atom. The van der Waals surface area contributed by atoms with E-state index in [1.54, 1.807) is 30.3 Å². The van der Waals surface area contributed by atoms with Gasteiger partial charge in [-0.05, 0) is 66.8 Å². The number of halogens is 2. The van der Waals surface area contributed by atoms with Crippen LogP contribution >= 0.6 is 34.2 Å². The number of benzene rings is 1. The summed E-state index contributed by atoms with van der Waals surface area (Å²) in [6, 6.07) is 8.86. The SMILES string of the molecule is CCNc1cc(C(=O)Nc2ccc(Cl)cc2I)cc(C)n1. The number of amides is 1. The van der Waals surface area contributed by atoms with Crippen molar-refractivity contribution in [2.24, 2.45) is 0 Å². The minimum Gasteiger partial charge on any atom is -0.370 e. The van der Waals surface area contributed by atoms with Gasteiger partial charge in [0.2, 0.25) is 0 Å². The van der Waals surface area contributed by atoms with Crippen LogP contribution in [0.15, 0.2) is 30.3 Å². The molecule has 1 aromatic heterocycles. The molecule has 2 rings (SSSR count). The number of carbonyl (C=O) groups is 1. The predicted octanol–water partition coefficient (Wildman–Crippen LogP) is 4.33. The topological polar surface area (TPSA) is 54.0 Å². The average Bonchev–Trinajstić information content (AvgIpc) is 2.41. The summed E-state index contributed by atoms with van der Waals surface area (Å²) in [7, 11) is 0. The molecule has 0 radical (unpaired) electrons. The summed E-state index contributed by atoms with van der Waals surface area (Å²) in [5.74, 6) is 0.536. The molecule has 0 aliphatic carbocycles. The van der Waals surface area contributed by atoms with E-state index in [4.69, 9.17) is 11.6 Å². The summed E-state index contributed by atoms with van der Waals surface area (Å²) in [5, 5.41) is 6.65. The summed E-state index contributed by atoms with van der Waals surface area (Å²) < 4.78 is 0.895. The zero-order valence-corrected chi connectivity index (χ0v) is 14.6. The van der Waals surface area contributed by atoms with Crippen LogP contribution in [0.5, 0.6) is 0 Å². The monoisotopic (exact) mass is 415 g/mol. The minimum atomic E-state index is -0.167. The van der Waals surface area contributed by atoms with Gasteiger partial charge in [-0.3, -0.25) is 4.79 Å². The van der Waals surface area contributed by atoms with Crippen molar-refractivity contribution in [3.63, 3.8) is 0 Å². The van der Waals surface area contributed by atoms with Crippen LogP contribution in [-0.2, 0) is 0 Å². The van der Waals surface area contributed by atoms with Crippen LogP contribution in [0.4, 0.5) is 11.5 Å². The second kappa shape index (κ2) is 7.09. The van der Waals surface area contributed by atoms with Crippen molar-refractivity contribution in [1.82, 2.24) is 4.98 Å². The van der Waals surface area contributed by atoms with E-state index in [0.29, 0.717) is 16.4 Å². The van der Waals surface area contributed by atoms with Gasteiger partial charge < -0.3 is 10.6 Å². The van der Waals surface area contributed by atoms with Gasteiger partial charge >= 0.3 is 0 Å². The van der Waals surface area contributed by atoms with E-state index < -0.39 is 0 Å². The molecular weight excluding hydrogens is 401 g/mol. The lowest BCUT2D eigenvalue weighted by Gasteiger charge is -2.10. The van der Waals surface area contributed by atoms with Crippen molar-refractivity contribution in [3.8, 4) is 0 Å². The summed E-state index contributed by atoms with van der Waals surface area (Å²) in [6.07, 6.45) is 0. The number of anilines is 2. The second-order valence-electron chi connectivity index (χ2n) is 4.49. The Morgan fingerprint density at radius 3 is 2.76 bits per heavy atom. The quantitative estimate of drug-likeness (QED) is 0.731. The second-order valence-corrected chi connectivity index (χ2v) is 6.09. The van der Waals surface area contributed by atoms with Gasteiger partial charge in [-0.25, -0.2) is 4.98 Å². The Hall–Kier alpha value is -1.34. The van der Waals surface area contributed by atoms with Crippen LogP contribution in [0.1, 0.15) is 23.0 Å². The molecule has 0 bridgehead atoms. The number of nitrogens with one attached hydrogen (secondary N) is 2. The number of aromatic nitrogens is 1. The highest BCUT2D eigenvalue weighted by Crippen LogP contribution is 2.23. The Bertz CT molecular complexity index is 676. The van der Waals surface area contributed by atoms with Crippen molar-refractivity contribution >= 4 is 51.6 Å². The van der Waals surface area contributed by atoms with Crippen LogP contribution in [0.3, 0.4) is 0 Å². The van der Waals surface area contributed by atoms with Gasteiger partial charge in [0.1, 0.15) is 5.82 Å². The van der Waals surface area contributed by atoms with Crippen molar-refractivity contribution in [1.29, 1.82) is 0 Å². The minimum absolute atomic E-state index is 0.167. The molecule has 110 valence electrons. The smallest absolute Gasteiger partial charge is 0.255 e. The van der Waals surface area contributed by atoms with Crippen LogP contribution in [-0.4, -0.2) is 17.4 Å². The van der Waals surface area contributed by atoms with Crippen LogP contribution in [0.25, 0.3) is 0 Å². The van der Waals surface area contributed by atoms with E-state index in [2.05, 4.69) is 38.2 Å². The molecular formula is C15H15ClIN3O. The normalized spacial score (nSPS) is 10.3. The molecule has 0 fully saturated rings. The zero-order chi connectivity index (χ0) is 15.4. The number of carbonyl (C=O) groups excluding carboxylic acids is 1. The third-order valence-corrected chi connectivity index (χ3v) is 3.88. The summed E-state index contributed by atoms with van der Waals surface area (Å²) in [4.78, 5) is 16.7. The Labute approximate surface area is 142 Å². The molecule has 0 atom stereocenters. The maximum Gasteiger partial charge on any atom is 0.255 e. The van der Waals surface area contributed by atoms with Gasteiger partial charge in [0.05, 0.1) is 5.69 Å². The van der Waals surface area contributed by atoms with E-state index >= 15 is 0 Å². The highest BCUT2D eigenvalue weighted by molar-refractivity contribution is 14.1. The fourth-order valence-electron chi connectivity index (χ4n) is 1.86.